The second-order valence-corrected chi connectivity index (χ2v) is 3.80. The van der Waals surface area contributed by atoms with Gasteiger partial charge in [-0.25, -0.2) is 9.97 Å². The first-order valence-corrected chi connectivity index (χ1v) is 5.47. The maximum Gasteiger partial charge on any atom is 0.130 e. The number of ketones is 1. The van der Waals surface area contributed by atoms with Gasteiger partial charge in [-0.15, -0.1) is 0 Å². The lowest BCUT2D eigenvalue weighted by Crippen LogP contribution is -2.00. The molecule has 0 aliphatic carbocycles. The Morgan fingerprint density at radius 1 is 1.29 bits per heavy atom. The molecule has 4 nitrogen and oxygen atoms in total. The molecule has 0 unspecified atom stereocenters. The molecule has 0 bridgehead atoms. The number of aryl methyl sites for hydroxylation is 1. The lowest BCUT2D eigenvalue weighted by atomic mass is 10.2. The molecule has 0 saturated heterocycles. The first-order valence-electron chi connectivity index (χ1n) is 5.47. The van der Waals surface area contributed by atoms with Crippen molar-refractivity contribution in [1.82, 2.24) is 15.0 Å². The Labute approximate surface area is 99.8 Å². The minimum absolute atomic E-state index is 0.153. The fraction of sp³-hybridized carbons (Fsp3) is 0.231. The average molecular weight is 227 g/mol. The molecule has 2 heterocycles. The predicted octanol–water partition coefficient (Wildman–Crippen LogP) is 2.06. The van der Waals surface area contributed by atoms with Gasteiger partial charge in [0.05, 0.1) is 5.69 Å². The number of hydrogen-bond donors (Lipinski definition) is 0. The SMILES string of the molecule is CC(=O)CCc1nccc(-c2cccnc2)n1. The minimum atomic E-state index is 0.153. The topological polar surface area (TPSA) is 55.7 Å². The van der Waals surface area contributed by atoms with Gasteiger partial charge >= 0.3 is 0 Å². The molecule has 0 N–H and O–H groups in total. The highest BCUT2D eigenvalue weighted by Gasteiger charge is 2.03. The number of nitrogens with zero attached hydrogens (tertiary/aromatic N) is 3. The van der Waals surface area contributed by atoms with Crippen molar-refractivity contribution in [1.29, 1.82) is 0 Å². The Hall–Kier alpha value is -2.10. The van der Waals surface area contributed by atoms with Gasteiger partial charge < -0.3 is 4.79 Å². The van der Waals surface area contributed by atoms with Crippen LogP contribution < -0.4 is 0 Å². The van der Waals surface area contributed by atoms with E-state index in [1.165, 1.54) is 0 Å². The Morgan fingerprint density at radius 3 is 2.88 bits per heavy atom. The highest BCUT2D eigenvalue weighted by molar-refractivity contribution is 5.75. The number of aromatic nitrogens is 3. The van der Waals surface area contributed by atoms with E-state index in [0.717, 1.165) is 11.3 Å². The van der Waals surface area contributed by atoms with E-state index in [4.69, 9.17) is 0 Å². The molecule has 0 aliphatic rings. The van der Waals surface area contributed by atoms with E-state index >= 15 is 0 Å². The first-order chi connectivity index (χ1) is 8.25. The van der Waals surface area contributed by atoms with Crippen LogP contribution in [-0.2, 0) is 11.2 Å². The van der Waals surface area contributed by atoms with Crippen LogP contribution in [0.2, 0.25) is 0 Å². The standard InChI is InChI=1S/C13H13N3O/c1-10(17)4-5-13-15-8-6-12(16-13)11-3-2-7-14-9-11/h2-3,6-9H,4-5H2,1H3. The Bertz CT molecular complexity index is 511. The summed E-state index contributed by atoms with van der Waals surface area (Å²) in [5, 5.41) is 0. The van der Waals surface area contributed by atoms with Crippen LogP contribution in [0.1, 0.15) is 19.2 Å². The van der Waals surface area contributed by atoms with E-state index in [1.807, 2.05) is 18.2 Å². The molecule has 0 radical (unpaired) electrons. The molecule has 17 heavy (non-hydrogen) atoms. The van der Waals surface area contributed by atoms with E-state index in [1.54, 1.807) is 25.5 Å². The summed E-state index contributed by atoms with van der Waals surface area (Å²) in [5.74, 6) is 0.849. The summed E-state index contributed by atoms with van der Waals surface area (Å²) in [6.45, 7) is 1.57. The number of rotatable bonds is 4. The Kier molecular flexibility index (Phi) is 3.55. The summed E-state index contributed by atoms with van der Waals surface area (Å²) >= 11 is 0. The smallest absolute Gasteiger partial charge is 0.130 e. The minimum Gasteiger partial charge on any atom is -0.300 e. The fourth-order valence-corrected chi connectivity index (χ4v) is 1.48. The first kappa shape index (κ1) is 11.4. The molecule has 0 fully saturated rings. The van der Waals surface area contributed by atoms with Crippen LogP contribution in [0.25, 0.3) is 11.3 Å². The number of Topliss-reactive ketones (excluding diaryl/α,β-unsaturated/α-hetero) is 1. The normalized spacial score (nSPS) is 10.2. The van der Waals surface area contributed by atoms with Gasteiger partial charge in [-0.2, -0.15) is 0 Å². The van der Waals surface area contributed by atoms with Crippen LogP contribution >= 0.6 is 0 Å². The zero-order valence-corrected chi connectivity index (χ0v) is 9.63. The molecule has 0 amide bonds. The lowest BCUT2D eigenvalue weighted by molar-refractivity contribution is -0.117. The number of pyridine rings is 1. The molecule has 86 valence electrons. The summed E-state index contributed by atoms with van der Waals surface area (Å²) < 4.78 is 0. The van der Waals surface area contributed by atoms with Crippen molar-refractivity contribution in [3.05, 3.63) is 42.6 Å². The van der Waals surface area contributed by atoms with Crippen molar-refractivity contribution in [2.24, 2.45) is 0 Å². The largest absolute Gasteiger partial charge is 0.300 e. The third-order valence-corrected chi connectivity index (χ3v) is 2.36. The van der Waals surface area contributed by atoms with Crippen molar-refractivity contribution >= 4 is 5.78 Å². The number of carbonyl (C=O) groups is 1. The Balaban J connectivity index is 2.20. The summed E-state index contributed by atoms with van der Waals surface area (Å²) in [5.41, 5.74) is 1.80. The van der Waals surface area contributed by atoms with E-state index in [2.05, 4.69) is 15.0 Å². The molecule has 0 spiro atoms. The maximum absolute atomic E-state index is 10.9. The molecule has 0 saturated carbocycles. The van der Waals surface area contributed by atoms with Crippen LogP contribution in [-0.4, -0.2) is 20.7 Å². The summed E-state index contributed by atoms with van der Waals surface area (Å²) in [6.07, 6.45) is 6.27. The molecular weight excluding hydrogens is 214 g/mol. The summed E-state index contributed by atoms with van der Waals surface area (Å²) in [6, 6.07) is 5.66. The van der Waals surface area contributed by atoms with Crippen LogP contribution in [0.3, 0.4) is 0 Å². The van der Waals surface area contributed by atoms with Gasteiger partial charge in [-0.1, -0.05) is 0 Å². The quantitative estimate of drug-likeness (QED) is 0.802. The highest BCUT2D eigenvalue weighted by Crippen LogP contribution is 2.14. The summed E-state index contributed by atoms with van der Waals surface area (Å²) in [7, 11) is 0. The molecule has 2 aromatic rings. The van der Waals surface area contributed by atoms with Gasteiger partial charge in [0.2, 0.25) is 0 Å². The molecule has 2 aromatic heterocycles. The maximum atomic E-state index is 10.9. The molecule has 0 aromatic carbocycles. The van der Waals surface area contributed by atoms with Gasteiger partial charge in [-0.05, 0) is 25.1 Å². The van der Waals surface area contributed by atoms with Crippen molar-refractivity contribution < 1.29 is 4.79 Å². The second-order valence-electron chi connectivity index (χ2n) is 3.80. The zero-order valence-electron chi connectivity index (χ0n) is 9.63. The van der Waals surface area contributed by atoms with Crippen LogP contribution in [0.5, 0.6) is 0 Å². The van der Waals surface area contributed by atoms with E-state index < -0.39 is 0 Å². The van der Waals surface area contributed by atoms with Crippen molar-refractivity contribution in [2.75, 3.05) is 0 Å². The number of carbonyl (C=O) groups excluding carboxylic acids is 1. The van der Waals surface area contributed by atoms with Crippen molar-refractivity contribution in [3.8, 4) is 11.3 Å². The molecular formula is C13H13N3O. The zero-order chi connectivity index (χ0) is 12.1. The van der Waals surface area contributed by atoms with E-state index in [0.29, 0.717) is 18.7 Å². The van der Waals surface area contributed by atoms with E-state index in [9.17, 15) is 4.79 Å². The lowest BCUT2D eigenvalue weighted by Gasteiger charge is -2.02. The molecule has 2 rings (SSSR count). The van der Waals surface area contributed by atoms with E-state index in [-0.39, 0.29) is 5.78 Å². The summed E-state index contributed by atoms with van der Waals surface area (Å²) in [4.78, 5) is 23.5. The van der Waals surface area contributed by atoms with Gasteiger partial charge in [0.25, 0.3) is 0 Å². The number of hydrogen-bond acceptors (Lipinski definition) is 4. The van der Waals surface area contributed by atoms with Crippen molar-refractivity contribution in [3.63, 3.8) is 0 Å². The second kappa shape index (κ2) is 5.30. The monoisotopic (exact) mass is 227 g/mol. The van der Waals surface area contributed by atoms with Gasteiger partial charge in [-0.3, -0.25) is 4.98 Å². The third-order valence-electron chi connectivity index (χ3n) is 2.36. The molecule has 4 heteroatoms. The van der Waals surface area contributed by atoms with Crippen molar-refractivity contribution in [2.45, 2.75) is 19.8 Å². The average Bonchev–Trinajstić information content (AvgIpc) is 2.38. The van der Waals surface area contributed by atoms with Crippen LogP contribution in [0.4, 0.5) is 0 Å². The predicted molar refractivity (Wildman–Crippen MR) is 64.3 cm³/mol. The Morgan fingerprint density at radius 2 is 2.18 bits per heavy atom. The third kappa shape index (κ3) is 3.17. The highest BCUT2D eigenvalue weighted by atomic mass is 16.1. The van der Waals surface area contributed by atoms with Gasteiger partial charge in [0.1, 0.15) is 11.6 Å². The fourth-order valence-electron chi connectivity index (χ4n) is 1.48. The van der Waals surface area contributed by atoms with Gasteiger partial charge in [0.15, 0.2) is 0 Å². The van der Waals surface area contributed by atoms with Gasteiger partial charge in [0, 0.05) is 37.0 Å². The van der Waals surface area contributed by atoms with Crippen LogP contribution in [0.15, 0.2) is 36.8 Å². The molecule has 0 aliphatic heterocycles. The van der Waals surface area contributed by atoms with Crippen LogP contribution in [0, 0.1) is 0 Å². The molecule has 0 atom stereocenters.